The highest BCUT2D eigenvalue weighted by Crippen LogP contribution is 2.52. The Morgan fingerprint density at radius 1 is 1.36 bits per heavy atom. The number of carbonyl (C=O) groups is 2. The maximum absolute atomic E-state index is 13.0. The van der Waals surface area contributed by atoms with Crippen LogP contribution in [0.3, 0.4) is 0 Å². The molecule has 3 aliphatic rings. The summed E-state index contributed by atoms with van der Waals surface area (Å²) in [4.78, 5) is 31.4. The Labute approximate surface area is 146 Å². The molecule has 4 rings (SSSR count). The van der Waals surface area contributed by atoms with Crippen LogP contribution in [0, 0.1) is 11.3 Å². The molecule has 3 atom stereocenters. The van der Waals surface area contributed by atoms with Gasteiger partial charge in [0.1, 0.15) is 0 Å². The molecule has 0 aromatic carbocycles. The molecule has 1 aromatic heterocycles. The van der Waals surface area contributed by atoms with E-state index in [1.54, 1.807) is 11.7 Å². The second-order valence-electron chi connectivity index (χ2n) is 7.67. The summed E-state index contributed by atoms with van der Waals surface area (Å²) in [5.41, 5.74) is 2.91. The first-order valence-corrected chi connectivity index (χ1v) is 8.99. The number of rotatable bonds is 3. The fraction of sp³-hybridized carbons (Fsp3) is 0.611. The minimum atomic E-state index is -0.555. The van der Waals surface area contributed by atoms with Gasteiger partial charge in [-0.2, -0.15) is 0 Å². The summed E-state index contributed by atoms with van der Waals surface area (Å²) in [5.74, 6) is -0.767. The number of carbonyl (C=O) groups excluding carboxylic acids is 2. The predicted molar refractivity (Wildman–Crippen MR) is 89.7 cm³/mol. The van der Waals surface area contributed by atoms with Gasteiger partial charge in [-0.25, -0.2) is 5.48 Å². The quantitative estimate of drug-likeness (QED) is 0.553. The van der Waals surface area contributed by atoms with Gasteiger partial charge >= 0.3 is 0 Å². The summed E-state index contributed by atoms with van der Waals surface area (Å²) >= 11 is 0. The summed E-state index contributed by atoms with van der Waals surface area (Å²) in [6.07, 6.45) is 5.50. The topological polar surface area (TPSA) is 94.6 Å². The minimum Gasteiger partial charge on any atom is -0.341 e. The van der Waals surface area contributed by atoms with Gasteiger partial charge in [0.15, 0.2) is 0 Å². The Morgan fingerprint density at radius 3 is 2.88 bits per heavy atom. The predicted octanol–water partition coefficient (Wildman–Crippen LogP) is 0.661. The van der Waals surface area contributed by atoms with Crippen molar-refractivity contribution in [1.82, 2.24) is 20.7 Å². The van der Waals surface area contributed by atoms with Crippen LogP contribution < -0.4 is 10.8 Å². The smallest absolute Gasteiger partial charge is 0.248 e. The van der Waals surface area contributed by atoms with Crippen molar-refractivity contribution < 1.29 is 14.8 Å². The molecule has 0 bridgehead atoms. The molecular formula is C18H24N4O3. The molecule has 1 spiro atoms. The Kier molecular flexibility index (Phi) is 4.21. The van der Waals surface area contributed by atoms with Crippen molar-refractivity contribution >= 4 is 11.8 Å². The van der Waals surface area contributed by atoms with Gasteiger partial charge in [-0.3, -0.25) is 19.8 Å². The maximum atomic E-state index is 13.0. The zero-order chi connectivity index (χ0) is 17.4. The minimum absolute atomic E-state index is 0.0393. The molecule has 7 heteroatoms. The van der Waals surface area contributed by atoms with Gasteiger partial charge in [0.05, 0.1) is 12.0 Å². The molecule has 1 saturated carbocycles. The fourth-order valence-corrected chi connectivity index (χ4v) is 4.29. The average Bonchev–Trinajstić information content (AvgIpc) is 3.22. The first-order chi connectivity index (χ1) is 12.1. The molecule has 2 amide bonds. The van der Waals surface area contributed by atoms with E-state index in [1.807, 2.05) is 23.1 Å². The van der Waals surface area contributed by atoms with E-state index >= 15 is 0 Å². The standard InChI is InChI=1S/C18H24N4O3/c23-16(21-25)13-9-18(5-6-18)11-20-15(13)17(24)22-8-4-12(10-22)14-3-1-2-7-19-14/h1-3,7,12-13,15,20,25H,4-6,8-11H2,(H,21,23). The van der Waals surface area contributed by atoms with Crippen LogP contribution >= 0.6 is 0 Å². The number of piperidine rings is 1. The van der Waals surface area contributed by atoms with Crippen molar-refractivity contribution in [2.24, 2.45) is 11.3 Å². The zero-order valence-corrected chi connectivity index (χ0v) is 14.1. The van der Waals surface area contributed by atoms with E-state index in [1.165, 1.54) is 0 Å². The first kappa shape index (κ1) is 16.5. The molecule has 1 aliphatic carbocycles. The SMILES string of the molecule is O=C(NO)C1CC2(CC2)CNC1C(=O)N1CCC(c2ccccn2)C1. The van der Waals surface area contributed by atoms with Crippen molar-refractivity contribution in [3.05, 3.63) is 30.1 Å². The molecule has 3 N–H and O–H groups in total. The van der Waals surface area contributed by atoms with E-state index in [-0.39, 0.29) is 17.2 Å². The van der Waals surface area contributed by atoms with Gasteiger partial charge in [-0.1, -0.05) is 6.07 Å². The molecule has 3 heterocycles. The monoisotopic (exact) mass is 344 g/mol. The number of pyridine rings is 1. The Balaban J connectivity index is 1.45. The van der Waals surface area contributed by atoms with E-state index in [4.69, 9.17) is 5.21 Å². The normalized spacial score (nSPS) is 30.3. The van der Waals surface area contributed by atoms with Crippen molar-refractivity contribution in [2.75, 3.05) is 19.6 Å². The number of nitrogens with zero attached hydrogens (tertiary/aromatic N) is 2. The van der Waals surface area contributed by atoms with E-state index < -0.39 is 17.9 Å². The van der Waals surface area contributed by atoms with Gasteiger partial charge in [0.2, 0.25) is 11.8 Å². The highest BCUT2D eigenvalue weighted by molar-refractivity contribution is 5.90. The Hall–Kier alpha value is -1.99. The van der Waals surface area contributed by atoms with Crippen molar-refractivity contribution in [1.29, 1.82) is 0 Å². The Bertz CT molecular complexity index is 662. The van der Waals surface area contributed by atoms with Crippen LogP contribution in [0.1, 0.15) is 37.3 Å². The summed E-state index contributed by atoms with van der Waals surface area (Å²) in [7, 11) is 0. The van der Waals surface area contributed by atoms with Crippen LogP contribution in [0.2, 0.25) is 0 Å². The van der Waals surface area contributed by atoms with Crippen LogP contribution in [0.4, 0.5) is 0 Å². The second kappa shape index (κ2) is 6.38. The number of aromatic nitrogens is 1. The van der Waals surface area contributed by atoms with E-state index in [0.717, 1.165) is 31.5 Å². The summed E-state index contributed by atoms with van der Waals surface area (Å²) < 4.78 is 0. The summed E-state index contributed by atoms with van der Waals surface area (Å²) in [6.45, 7) is 2.08. The molecule has 134 valence electrons. The lowest BCUT2D eigenvalue weighted by Crippen LogP contribution is -2.58. The van der Waals surface area contributed by atoms with Crippen LogP contribution in [0.25, 0.3) is 0 Å². The third-order valence-electron chi connectivity index (χ3n) is 6.03. The van der Waals surface area contributed by atoms with Gasteiger partial charge in [-0.15, -0.1) is 0 Å². The van der Waals surface area contributed by atoms with Crippen LogP contribution in [-0.4, -0.2) is 52.6 Å². The summed E-state index contributed by atoms with van der Waals surface area (Å²) in [6, 6.07) is 5.29. The fourth-order valence-electron chi connectivity index (χ4n) is 4.29. The molecule has 7 nitrogen and oxygen atoms in total. The highest BCUT2D eigenvalue weighted by atomic mass is 16.5. The maximum Gasteiger partial charge on any atom is 0.248 e. The highest BCUT2D eigenvalue weighted by Gasteiger charge is 2.53. The lowest BCUT2D eigenvalue weighted by atomic mass is 9.81. The largest absolute Gasteiger partial charge is 0.341 e. The summed E-state index contributed by atoms with van der Waals surface area (Å²) in [5, 5.41) is 12.4. The number of nitrogens with one attached hydrogen (secondary N) is 2. The third-order valence-corrected chi connectivity index (χ3v) is 6.03. The number of hydrogen-bond donors (Lipinski definition) is 3. The van der Waals surface area contributed by atoms with Crippen LogP contribution in [0.5, 0.6) is 0 Å². The van der Waals surface area contributed by atoms with E-state index in [0.29, 0.717) is 19.5 Å². The molecule has 3 fully saturated rings. The molecule has 1 aromatic rings. The van der Waals surface area contributed by atoms with Crippen molar-refractivity contribution in [2.45, 2.75) is 37.6 Å². The number of likely N-dealkylation sites (tertiary alicyclic amines) is 1. The molecule has 25 heavy (non-hydrogen) atoms. The first-order valence-electron chi connectivity index (χ1n) is 8.99. The van der Waals surface area contributed by atoms with Gasteiger partial charge in [0.25, 0.3) is 0 Å². The van der Waals surface area contributed by atoms with Gasteiger partial charge in [0, 0.05) is 37.4 Å². The molecule has 0 radical (unpaired) electrons. The molecule has 2 aliphatic heterocycles. The average molecular weight is 344 g/mol. The lowest BCUT2D eigenvalue weighted by Gasteiger charge is -2.37. The number of hydrogen-bond acceptors (Lipinski definition) is 5. The van der Waals surface area contributed by atoms with E-state index in [2.05, 4.69) is 10.3 Å². The molecule has 3 unspecified atom stereocenters. The van der Waals surface area contributed by atoms with Crippen LogP contribution in [-0.2, 0) is 9.59 Å². The van der Waals surface area contributed by atoms with Crippen molar-refractivity contribution in [3.8, 4) is 0 Å². The van der Waals surface area contributed by atoms with Crippen LogP contribution in [0.15, 0.2) is 24.4 Å². The van der Waals surface area contributed by atoms with Gasteiger partial charge < -0.3 is 10.2 Å². The number of amides is 2. The van der Waals surface area contributed by atoms with Gasteiger partial charge in [-0.05, 0) is 43.2 Å². The van der Waals surface area contributed by atoms with E-state index in [9.17, 15) is 9.59 Å². The van der Waals surface area contributed by atoms with Crippen molar-refractivity contribution in [3.63, 3.8) is 0 Å². The second-order valence-corrected chi connectivity index (χ2v) is 7.67. The zero-order valence-electron chi connectivity index (χ0n) is 14.1. The molecular weight excluding hydrogens is 320 g/mol. The lowest BCUT2D eigenvalue weighted by molar-refractivity contribution is -0.144. The third kappa shape index (κ3) is 3.14. The number of hydroxylamine groups is 1. The molecule has 2 saturated heterocycles. The Morgan fingerprint density at radius 2 is 2.20 bits per heavy atom.